The van der Waals surface area contributed by atoms with Crippen molar-refractivity contribution in [3.05, 3.63) is 205 Å². The summed E-state index contributed by atoms with van der Waals surface area (Å²) in [5.41, 5.74) is 13.5. The van der Waals surface area contributed by atoms with Gasteiger partial charge in [-0.15, -0.1) is 30.6 Å². The van der Waals surface area contributed by atoms with Gasteiger partial charge in [0.25, 0.3) is 17.7 Å². The van der Waals surface area contributed by atoms with E-state index in [1.54, 1.807) is 67.1 Å². The summed E-state index contributed by atoms with van der Waals surface area (Å²) >= 11 is 0. The van der Waals surface area contributed by atoms with Crippen molar-refractivity contribution in [2.45, 2.75) is 55.7 Å². The summed E-state index contributed by atoms with van der Waals surface area (Å²) in [4.78, 5) is 30.3. The van der Waals surface area contributed by atoms with Gasteiger partial charge in [0, 0.05) is 91.3 Å². The van der Waals surface area contributed by atoms with Crippen LogP contribution in [-0.4, -0.2) is 133 Å². The molecule has 0 saturated heterocycles. The number of sulfone groups is 1. The van der Waals surface area contributed by atoms with Gasteiger partial charge >= 0.3 is 0 Å². The molecule has 2 atom stereocenters. The lowest BCUT2D eigenvalue weighted by Crippen LogP contribution is -2.12. The van der Waals surface area contributed by atoms with Gasteiger partial charge in [-0.25, -0.2) is 23.4 Å². The molecule has 23 nitrogen and oxygen atoms in total. The highest BCUT2D eigenvalue weighted by Gasteiger charge is 2.21. The van der Waals surface area contributed by atoms with Crippen LogP contribution in [0.15, 0.2) is 200 Å². The Bertz CT molecular complexity index is 4680. The maximum atomic E-state index is 12.6. The molecule has 6 aromatic carbocycles. The fourth-order valence-electron chi connectivity index (χ4n) is 9.08. The van der Waals surface area contributed by atoms with Crippen LogP contribution in [0.3, 0.4) is 0 Å². The predicted molar refractivity (Wildman–Crippen MR) is 367 cm³/mol. The molecule has 2 unspecified atom stereocenters. The molecule has 0 amide bonds. The van der Waals surface area contributed by atoms with Gasteiger partial charge in [0.1, 0.15) is 22.8 Å². The number of phenols is 1. The molecule has 12 rings (SSSR count). The number of hydrogen-bond donors (Lipinski definition) is 3. The first kappa shape index (κ1) is 66.7. The number of aliphatic hydroxyl groups is 1. The normalized spacial score (nSPS) is 11.7. The fraction of sp³-hybridized carbons (Fsp3) is 0.176. The highest BCUT2D eigenvalue weighted by atomic mass is 32.2. The maximum absolute atomic E-state index is 12.6. The van der Waals surface area contributed by atoms with Crippen molar-refractivity contribution in [1.29, 1.82) is 0 Å². The van der Waals surface area contributed by atoms with Crippen molar-refractivity contribution < 1.29 is 50.1 Å². The molecule has 0 fully saturated rings. The minimum absolute atomic E-state index is 0. The first-order valence-corrected chi connectivity index (χ1v) is 31.9. The van der Waals surface area contributed by atoms with Crippen LogP contribution in [0, 0.1) is 20.8 Å². The van der Waals surface area contributed by atoms with Crippen molar-refractivity contribution in [2.24, 2.45) is 0 Å². The Morgan fingerprint density at radius 3 is 1.34 bits per heavy atom. The monoisotopic (exact) mass is 1300 g/mol. The molecule has 0 aliphatic rings. The number of aliphatic hydroxyl groups excluding tert-OH is 1. The maximum Gasteiger partial charge on any atom is 0.268 e. The van der Waals surface area contributed by atoms with Crippen LogP contribution in [0.25, 0.3) is 109 Å². The van der Waals surface area contributed by atoms with Crippen LogP contribution in [-0.2, 0) is 27.2 Å². The standard InChI is InChI=1S/C25H27N5O3S.C23H21N5O2.C20H16N4O3S.H2O.6H2/c1-16(12-13-31)34(32)21-10-8-19(9-11-21)22-15-27-17(2)23(28-22)25-30-29-24(33-25)20-6-4-18(5-7-20)14-26-3;1-14-21(23-27-26-22(30-23)18-9-11-19(29)12-10-18)25-20(13-24-14)17-7-5-16(6-8-17)15(2)28(3)4;1-13-18(20-24-23-19(27-20)15-6-4-3-5-7-15)22-17(12-21-13)14-8-10-16(11-9-14)28(2,25)26;;;;;;;/h4-11,15-16,26,31H,12-14H2,1-3H3;5-13,29H,2H2,1,3-4H3;3-12H,1-2H3;1H2;6*1H. The van der Waals surface area contributed by atoms with Crippen LogP contribution in [0.4, 0.5) is 0 Å². The van der Waals surface area contributed by atoms with Crippen LogP contribution in [0.2, 0.25) is 0 Å². The zero-order valence-corrected chi connectivity index (χ0v) is 53.7. The van der Waals surface area contributed by atoms with E-state index in [0.29, 0.717) is 97.6 Å². The first-order chi connectivity index (χ1) is 44.3. The minimum Gasteiger partial charge on any atom is -0.508 e. The van der Waals surface area contributed by atoms with Gasteiger partial charge in [0.2, 0.25) is 17.7 Å². The Morgan fingerprint density at radius 2 is 0.946 bits per heavy atom. The first-order valence-electron chi connectivity index (χ1n) is 28.8. The molecule has 486 valence electrons. The van der Waals surface area contributed by atoms with E-state index in [9.17, 15) is 17.7 Å². The third kappa shape index (κ3) is 16.3. The Morgan fingerprint density at radius 1 is 0.570 bits per heavy atom. The summed E-state index contributed by atoms with van der Waals surface area (Å²) in [5, 5.41) is 46.4. The van der Waals surface area contributed by atoms with Crippen molar-refractivity contribution >= 4 is 26.3 Å². The molecule has 0 spiro atoms. The number of hydrogen-bond acceptors (Lipinski definition) is 22. The molecule has 0 bridgehead atoms. The molecule has 6 heterocycles. The molecule has 12 aromatic rings. The number of nitrogens with one attached hydrogen (secondary N) is 1. The Labute approximate surface area is 548 Å². The zero-order chi connectivity index (χ0) is 65.1. The summed E-state index contributed by atoms with van der Waals surface area (Å²) in [5.74, 6) is 2.22. The SMILES string of the molecule is C=C(c1ccc(-c2cnc(C)c(-c3nnc(-c4ccc(O)cc4)o3)n2)cc1)N(C)C.CNCc1ccc(-c2nnc(-c3nc(-c4ccc(S(=O)C(C)CCO)cc4)cnc3C)o2)cc1.Cc1ncc(-c2ccc(S(C)(=O)=O)cc2)nc1-c1nnc(-c2ccccc2)o1.O.[HH].[HH].[HH].[HH].[HH].[HH]. The summed E-state index contributed by atoms with van der Waals surface area (Å²) in [6.45, 7) is 12.3. The van der Waals surface area contributed by atoms with Gasteiger partial charge in [-0.3, -0.25) is 19.2 Å². The van der Waals surface area contributed by atoms with Crippen molar-refractivity contribution in [1.82, 2.24) is 70.7 Å². The van der Waals surface area contributed by atoms with E-state index in [-0.39, 0.29) is 42.4 Å². The van der Waals surface area contributed by atoms with Gasteiger partial charge < -0.3 is 39.2 Å². The molecule has 0 saturated carbocycles. The average Bonchev–Trinajstić information content (AvgIpc) is 1.81. The number of nitrogens with zero attached hydrogens (tertiary/aromatic N) is 13. The highest BCUT2D eigenvalue weighted by molar-refractivity contribution is 7.90. The van der Waals surface area contributed by atoms with Gasteiger partial charge in [-0.1, -0.05) is 92.4 Å². The third-order valence-electron chi connectivity index (χ3n) is 14.4. The van der Waals surface area contributed by atoms with Crippen LogP contribution >= 0.6 is 0 Å². The predicted octanol–water partition coefficient (Wildman–Crippen LogP) is 12.4. The van der Waals surface area contributed by atoms with Crippen molar-refractivity contribution in [2.75, 3.05) is 34.0 Å². The Kier molecular flexibility index (Phi) is 21.5. The topological polar surface area (TPSA) is 333 Å². The summed E-state index contributed by atoms with van der Waals surface area (Å²) in [6, 6.07) is 45.8. The average molecular weight is 1300 g/mol. The van der Waals surface area contributed by atoms with Gasteiger partial charge in [-0.05, 0) is 118 Å². The molecule has 25 heteroatoms. The van der Waals surface area contributed by atoms with Crippen LogP contribution in [0.1, 0.15) is 50.1 Å². The highest BCUT2D eigenvalue weighted by Crippen LogP contribution is 2.32. The summed E-state index contributed by atoms with van der Waals surface area (Å²) < 4.78 is 53.4. The molecular weight excluding hydrogens is 1220 g/mol. The number of phenolic OH excluding ortho intramolecular Hbond substituents is 1. The molecule has 93 heavy (non-hydrogen) atoms. The largest absolute Gasteiger partial charge is 0.508 e. The smallest absolute Gasteiger partial charge is 0.268 e. The van der Waals surface area contributed by atoms with E-state index in [0.717, 1.165) is 51.2 Å². The number of benzene rings is 6. The van der Waals surface area contributed by atoms with E-state index in [2.05, 4.69) is 62.4 Å². The summed E-state index contributed by atoms with van der Waals surface area (Å²) in [7, 11) is 1.40. The van der Waals surface area contributed by atoms with Crippen molar-refractivity contribution in [3.63, 3.8) is 0 Å². The van der Waals surface area contributed by atoms with Gasteiger partial charge in [0.05, 0.1) is 68.4 Å². The van der Waals surface area contributed by atoms with Gasteiger partial charge in [0.15, 0.2) is 9.84 Å². The number of aryl methyl sites for hydroxylation is 3. The number of rotatable bonds is 18. The second-order valence-corrected chi connectivity index (χ2v) is 25.2. The van der Waals surface area contributed by atoms with Crippen LogP contribution < -0.4 is 5.32 Å². The van der Waals surface area contributed by atoms with Crippen LogP contribution in [0.5, 0.6) is 5.75 Å². The van der Waals surface area contributed by atoms with Crippen molar-refractivity contribution in [3.8, 4) is 109 Å². The van der Waals surface area contributed by atoms with E-state index in [1.807, 2.05) is 157 Å². The second kappa shape index (κ2) is 30.0. The molecule has 5 N–H and O–H groups in total. The third-order valence-corrected chi connectivity index (χ3v) is 17.2. The minimum atomic E-state index is -3.25. The molecule has 0 aliphatic heterocycles. The zero-order valence-electron chi connectivity index (χ0n) is 52.0. The van der Waals surface area contributed by atoms with E-state index in [4.69, 9.17) is 28.3 Å². The molecule has 0 aliphatic carbocycles. The molecular formula is C68H78N14O9S2. The quantitative estimate of drug-likeness (QED) is 0.0718. The molecule has 6 aromatic heterocycles. The molecule has 0 radical (unpaired) electrons. The van der Waals surface area contributed by atoms with E-state index < -0.39 is 20.6 Å². The summed E-state index contributed by atoms with van der Waals surface area (Å²) in [6.07, 6.45) is 6.71. The van der Waals surface area contributed by atoms with E-state index >= 15 is 0 Å². The second-order valence-electron chi connectivity index (χ2n) is 21.3. The lowest BCUT2D eigenvalue weighted by molar-refractivity contribution is 0.288. The number of aromatic nitrogens is 12. The Hall–Kier alpha value is -10.7. The van der Waals surface area contributed by atoms with E-state index in [1.165, 1.54) is 6.26 Å². The number of aromatic hydroxyl groups is 1. The van der Waals surface area contributed by atoms with Gasteiger partial charge in [-0.2, -0.15) is 0 Å². The lowest BCUT2D eigenvalue weighted by atomic mass is 10.1. The fourth-order valence-corrected chi connectivity index (χ4v) is 10.9. The lowest BCUT2D eigenvalue weighted by Gasteiger charge is -2.16. The Balaban J connectivity index is 0.000000375.